The van der Waals surface area contributed by atoms with Crippen LogP contribution in [0.1, 0.15) is 137 Å². The van der Waals surface area contributed by atoms with Crippen LogP contribution in [0.3, 0.4) is 0 Å². The minimum absolute atomic E-state index is 0.0110. The van der Waals surface area contributed by atoms with Gasteiger partial charge in [-0.15, -0.1) is 0 Å². The summed E-state index contributed by atoms with van der Waals surface area (Å²) in [6, 6.07) is 22.3. The highest BCUT2D eigenvalue weighted by Crippen LogP contribution is 2.51. The van der Waals surface area contributed by atoms with Gasteiger partial charge in [0.15, 0.2) is 0 Å². The normalized spacial score (nSPS) is 17.5. The molecule has 4 N–H and O–H groups in total. The second kappa shape index (κ2) is 39.1. The number of aryl methyl sites for hydroxylation is 9. The zero-order chi connectivity index (χ0) is 106. The summed E-state index contributed by atoms with van der Waals surface area (Å²) in [5.41, 5.74) is 21.1. The summed E-state index contributed by atoms with van der Waals surface area (Å²) in [4.78, 5) is 180. The van der Waals surface area contributed by atoms with Crippen molar-refractivity contribution in [1.29, 1.82) is 0 Å². The maximum absolute atomic E-state index is 15.6. The van der Waals surface area contributed by atoms with Gasteiger partial charge < -0.3 is 64.4 Å². The highest BCUT2D eigenvalue weighted by atomic mass is 35.5. The zero-order valence-electron chi connectivity index (χ0n) is 87.4. The molecule has 6 aliphatic heterocycles. The number of halogens is 3. The van der Waals surface area contributed by atoms with Crippen molar-refractivity contribution in [2.45, 2.75) is 164 Å². The van der Waals surface area contributed by atoms with E-state index in [4.69, 9.17) is 64.7 Å². The predicted octanol–water partition coefficient (Wildman–Crippen LogP) is 15.5. The lowest BCUT2D eigenvalue weighted by molar-refractivity contribution is -0.129. The molecule has 768 valence electrons. The second-order valence-corrected chi connectivity index (χ2v) is 42.7. The van der Waals surface area contributed by atoms with E-state index in [1.807, 2.05) is 176 Å². The fourth-order valence-electron chi connectivity index (χ4n) is 23.1. The Balaban J connectivity index is 0.000000140. The first-order valence-electron chi connectivity index (χ1n) is 50.2. The molecule has 0 bridgehead atoms. The summed E-state index contributed by atoms with van der Waals surface area (Å²) in [7, 11) is 11.2. The van der Waals surface area contributed by atoms with Crippen LogP contribution in [-0.2, 0) is 35.5 Å². The van der Waals surface area contributed by atoms with Gasteiger partial charge in [0.25, 0.3) is 16.7 Å². The Morgan fingerprint density at radius 2 is 0.750 bits per heavy atom. The van der Waals surface area contributed by atoms with Crippen LogP contribution in [0.5, 0.6) is 0 Å². The molecule has 37 heteroatoms. The molecule has 0 aliphatic carbocycles. The lowest BCUT2D eigenvalue weighted by Gasteiger charge is -2.52. The Morgan fingerprint density at radius 1 is 0.419 bits per heavy atom. The first kappa shape index (κ1) is 102. The lowest BCUT2D eigenvalue weighted by atomic mass is 9.97. The van der Waals surface area contributed by atoms with Gasteiger partial charge in [0, 0.05) is 163 Å². The second-order valence-electron chi connectivity index (χ2n) is 41.5. The maximum atomic E-state index is 15.6. The average Bonchev–Trinajstić information content (AvgIpc) is 0.727. The van der Waals surface area contributed by atoms with E-state index in [1.165, 1.54) is 18.2 Å². The van der Waals surface area contributed by atoms with Crippen LogP contribution in [0.15, 0.2) is 158 Å². The fourth-order valence-corrected chi connectivity index (χ4v) is 23.9. The van der Waals surface area contributed by atoms with Gasteiger partial charge in [0.05, 0.1) is 135 Å². The van der Waals surface area contributed by atoms with Crippen molar-refractivity contribution >= 4 is 153 Å². The maximum Gasteiger partial charge on any atom is 0.326 e. The molecular formula is C111H124Cl3N25O9. The number of H-pyrrole nitrogens is 3. The number of nitrogens with zero attached hydrogens (tertiary/aromatic N) is 21. The number of imidazole rings is 3. The van der Waals surface area contributed by atoms with Gasteiger partial charge in [-0.1, -0.05) is 114 Å². The van der Waals surface area contributed by atoms with Gasteiger partial charge in [-0.3, -0.25) is 71.1 Å². The van der Waals surface area contributed by atoms with E-state index >= 15 is 9.59 Å². The van der Waals surface area contributed by atoms with E-state index in [2.05, 4.69) is 106 Å². The van der Waals surface area contributed by atoms with E-state index < -0.39 is 0 Å². The number of rotatable bonds is 16. The predicted molar refractivity (Wildman–Crippen MR) is 593 cm³/mol. The fraction of sp³-hybridized carbons (Fsp3) is 0.378. The first-order chi connectivity index (χ1) is 70.5. The van der Waals surface area contributed by atoms with Gasteiger partial charge in [-0.05, 0) is 213 Å². The SMILES string of the molecule is C=CC(=O)N1CC2CN(C)c3c(c4cc(Cl)c(-c5c(C)ccc6[nH]c(=O)n(C)c56)nc4n(-c4c(C)ccnc4C(C)C)c3=O)N2CC1C.C=CC(=O)N1CC2CN(CCCN(C)C)c3c(c4cc(Cl)c(-c5c(C)ccc6[nH]c(=O)n(C)c56)nc4n(-c4c(C)ccnc4C(C)C)c3=O)N2CC1C.C=CC(=O)N1CC2CNc3c(c4cc(Cl)c(-c5c(C)ccc6[nH]c(=O)n(C)c56)nc4n(-c4c(C)ccnc4C(C)C)c3=O)N2CC1C. The zero-order valence-corrected chi connectivity index (χ0v) is 89.7. The topological polar surface area (TPSA) is 349 Å². The molecule has 12 aromatic heterocycles. The van der Waals surface area contributed by atoms with E-state index in [0.29, 0.717) is 210 Å². The van der Waals surface area contributed by atoms with Crippen LogP contribution in [0, 0.1) is 41.5 Å². The molecule has 6 aliphatic rings. The van der Waals surface area contributed by atoms with Gasteiger partial charge in [0.1, 0.15) is 34.0 Å². The van der Waals surface area contributed by atoms with Gasteiger partial charge >= 0.3 is 17.1 Å². The van der Waals surface area contributed by atoms with Crippen molar-refractivity contribution in [3.05, 3.63) is 257 Å². The molecule has 3 amide bonds. The number of fused-ring (bicyclic) bond motifs is 18. The van der Waals surface area contributed by atoms with Crippen molar-refractivity contribution < 1.29 is 14.4 Å². The van der Waals surface area contributed by atoms with E-state index in [1.54, 1.807) is 67.1 Å². The number of hydrogen-bond donors (Lipinski definition) is 4. The van der Waals surface area contributed by atoms with E-state index in [0.717, 1.165) is 85.6 Å². The van der Waals surface area contributed by atoms with Gasteiger partial charge in [0.2, 0.25) is 17.7 Å². The van der Waals surface area contributed by atoms with Gasteiger partial charge in [-0.25, -0.2) is 29.3 Å². The molecule has 3 saturated heterocycles. The number of likely N-dealkylation sites (N-methyl/N-ethyl adjacent to an activating group) is 1. The lowest BCUT2D eigenvalue weighted by Crippen LogP contribution is -2.64. The number of aromatic nitrogens is 15. The van der Waals surface area contributed by atoms with Crippen LogP contribution in [-0.4, -0.2) is 239 Å². The molecule has 0 saturated carbocycles. The summed E-state index contributed by atoms with van der Waals surface area (Å²) in [6.45, 7) is 47.5. The molecule has 0 spiro atoms. The first-order valence-corrected chi connectivity index (χ1v) is 51.4. The molecule has 15 aromatic rings. The number of hydrogen-bond acceptors (Lipinski definition) is 22. The number of amides is 3. The molecule has 6 atom stereocenters. The number of piperazine rings is 3. The molecule has 3 fully saturated rings. The molecule has 18 heterocycles. The third kappa shape index (κ3) is 16.9. The Bertz CT molecular complexity index is 8520. The number of anilines is 6. The molecule has 0 radical (unpaired) electrons. The summed E-state index contributed by atoms with van der Waals surface area (Å²) in [6.07, 6.45) is 10.2. The summed E-state index contributed by atoms with van der Waals surface area (Å²) in [5.74, 6) is -0.274. The minimum Gasteiger partial charge on any atom is -0.377 e. The number of carbonyl (C=O) groups excluding carboxylic acids is 3. The van der Waals surface area contributed by atoms with Crippen molar-refractivity contribution in [2.24, 2.45) is 21.1 Å². The van der Waals surface area contributed by atoms with Gasteiger partial charge in [-0.2, -0.15) is 0 Å². The Labute approximate surface area is 870 Å². The number of carbonyl (C=O) groups is 3. The molecule has 3 aromatic carbocycles. The summed E-state index contributed by atoms with van der Waals surface area (Å²) < 4.78 is 9.82. The van der Waals surface area contributed by atoms with Crippen molar-refractivity contribution in [2.75, 3.05) is 123 Å². The number of aromatic amines is 3. The summed E-state index contributed by atoms with van der Waals surface area (Å²) in [5, 5.41) is 6.76. The Kier molecular flexibility index (Phi) is 27.0. The summed E-state index contributed by atoms with van der Waals surface area (Å²) >= 11 is 21.8. The van der Waals surface area contributed by atoms with Crippen LogP contribution in [0.2, 0.25) is 15.1 Å². The third-order valence-corrected chi connectivity index (χ3v) is 31.3. The Hall–Kier alpha value is -14.7. The molecule has 21 rings (SSSR count). The average molecular weight is 2060 g/mol. The monoisotopic (exact) mass is 2060 g/mol. The minimum atomic E-state index is -0.248. The Morgan fingerprint density at radius 3 is 1.11 bits per heavy atom. The quantitative estimate of drug-likeness (QED) is 0.0653. The van der Waals surface area contributed by atoms with E-state index in [9.17, 15) is 33.6 Å². The number of nitrogens with one attached hydrogen (secondary N) is 4. The highest BCUT2D eigenvalue weighted by molar-refractivity contribution is 6.36. The van der Waals surface area contributed by atoms with Crippen molar-refractivity contribution in [3.8, 4) is 50.8 Å². The van der Waals surface area contributed by atoms with Crippen LogP contribution in [0.25, 0.3) is 117 Å². The molecule has 6 unspecified atom stereocenters. The molecule has 34 nitrogen and oxygen atoms in total. The number of pyridine rings is 9. The third-order valence-electron chi connectivity index (χ3n) is 30.4. The van der Waals surface area contributed by atoms with Crippen LogP contribution < -0.4 is 63.6 Å². The standard InChI is InChI=1S/C40H48ClN9O3.C36H39ClN8O3.C35H37ClN8O3/c1-10-30(51)48-21-26-20-47(17-11-16-45(7)8)37-35(49(26)19-25(48)6)27-18-28(41)33(31-23(4)12-13-29-36(31)46(9)40(53)43-29)44-38(27)50(39(37)52)34-24(5)14-15-42-32(34)22(2)3;1-9-26(46)43-17-22-16-41(7)33-31(44(22)15-21(43)6)23-14-24(37)29(27-19(4)10-11-25-32(27)42(8)36(48)39-25)40-34(23)45(35(33)47)30-20(5)12-13-38-28(30)18(2)3;1-8-25(45)42-16-21-14-38-29-31(43(21)15-20(42)6)22-13-23(36)28(26-18(4)9-10-24-32(26)41(7)35(47)39-24)40-33(22)44(34(29)46)30-19(5)11-12-37-27(30)17(2)3/h10,12-15,18,22,25-26H,1,11,16-17,19-21H2,2-9H3,(H,43,53);9-14,18,21-22H,1,15-17H2,2-8H3,(H,39,48);8-13,17,20-21,38H,1,14-16H2,2-7H3,(H,39,47). The smallest absolute Gasteiger partial charge is 0.326 e. The van der Waals surface area contributed by atoms with E-state index in [-0.39, 0.29) is 105 Å². The molecule has 148 heavy (non-hydrogen) atoms. The van der Waals surface area contributed by atoms with Crippen LogP contribution >= 0.6 is 34.8 Å². The largest absolute Gasteiger partial charge is 0.377 e. The number of benzene rings is 3. The van der Waals surface area contributed by atoms with Crippen molar-refractivity contribution in [1.82, 2.24) is 91.9 Å². The highest BCUT2D eigenvalue weighted by Gasteiger charge is 2.47. The van der Waals surface area contributed by atoms with Crippen molar-refractivity contribution in [3.63, 3.8) is 0 Å². The van der Waals surface area contributed by atoms with Crippen LogP contribution in [0.4, 0.5) is 34.1 Å². The molecular weight excluding hydrogens is 1930 g/mol.